The molecule has 3 atom stereocenters. The summed E-state index contributed by atoms with van der Waals surface area (Å²) < 4.78 is 5.34. The topological polar surface area (TPSA) is 49.8 Å². The lowest BCUT2D eigenvalue weighted by molar-refractivity contribution is -0.119. The summed E-state index contributed by atoms with van der Waals surface area (Å²) in [5, 5.41) is 10.3. The monoisotopic (exact) mass is 180 g/mol. The van der Waals surface area contributed by atoms with E-state index < -0.39 is 11.2 Å². The molecule has 2 aliphatic carbocycles. The van der Waals surface area contributed by atoms with Crippen molar-refractivity contribution in [2.45, 2.75) is 43.5 Å². The molecule has 3 aliphatic rings. The summed E-state index contributed by atoms with van der Waals surface area (Å²) in [5.74, 6) is 0.0269. The minimum Gasteiger partial charge on any atom is -0.383 e. The quantitative estimate of drug-likeness (QED) is 0.554. The highest BCUT2D eigenvalue weighted by Crippen LogP contribution is 2.55. The largest absolute Gasteiger partial charge is 0.383 e. The number of fused-ring (bicyclic) bond motifs is 3. The molecule has 13 heavy (non-hydrogen) atoms. The summed E-state index contributed by atoms with van der Waals surface area (Å²) in [7, 11) is 0. The minimum atomic E-state index is -0.817. The molecule has 1 saturated carbocycles. The van der Waals surface area contributed by atoms with Gasteiger partial charge in [0.2, 0.25) is 0 Å². The summed E-state index contributed by atoms with van der Waals surface area (Å²) >= 11 is 0. The van der Waals surface area contributed by atoms with Gasteiger partial charge in [-0.05, 0) is 37.8 Å². The van der Waals surface area contributed by atoms with Crippen LogP contribution in [-0.4, -0.2) is 28.2 Å². The van der Waals surface area contributed by atoms with E-state index in [-0.39, 0.29) is 11.9 Å². The minimum absolute atomic E-state index is 0.0269. The van der Waals surface area contributed by atoms with E-state index in [1.165, 1.54) is 0 Å². The Morgan fingerprint density at radius 3 is 3.23 bits per heavy atom. The van der Waals surface area contributed by atoms with E-state index in [1.807, 2.05) is 0 Å². The van der Waals surface area contributed by atoms with Crippen molar-refractivity contribution in [3.8, 4) is 0 Å². The van der Waals surface area contributed by atoms with Gasteiger partial charge in [0.1, 0.15) is 11.7 Å². The van der Waals surface area contributed by atoms with E-state index in [1.54, 1.807) is 13.0 Å². The molecule has 3 rings (SSSR count). The molecule has 3 heteroatoms. The van der Waals surface area contributed by atoms with E-state index >= 15 is 0 Å². The van der Waals surface area contributed by atoms with Crippen molar-refractivity contribution in [2.24, 2.45) is 0 Å². The molecule has 1 aliphatic heterocycles. The third-order valence-electron chi connectivity index (χ3n) is 3.59. The molecule has 3 unspecified atom stereocenters. The van der Waals surface area contributed by atoms with Gasteiger partial charge < -0.3 is 9.84 Å². The zero-order chi connectivity index (χ0) is 9.27. The van der Waals surface area contributed by atoms with Crippen LogP contribution in [0.15, 0.2) is 11.6 Å². The highest BCUT2D eigenvalue weighted by molar-refractivity contribution is 6.02. The van der Waals surface area contributed by atoms with Gasteiger partial charge in [0.05, 0.1) is 0 Å². The number of rotatable bonds is 0. The Balaban J connectivity index is 2.12. The summed E-state index contributed by atoms with van der Waals surface area (Å²) in [6, 6.07) is 0. The van der Waals surface area contributed by atoms with E-state index in [0.717, 1.165) is 24.8 Å². The molecule has 0 radical (unpaired) electrons. The lowest BCUT2D eigenvalue weighted by atomic mass is 9.79. The molecule has 2 fully saturated rings. The van der Waals surface area contributed by atoms with Gasteiger partial charge in [0.25, 0.3) is 0 Å². The number of aliphatic hydroxyl groups is 1. The standard InChI is InChI=1S/C10H12O3/c1-9-7(11)5-6-3-2-4-10(6,12)8(9)13-9/h5,8,12H,2-4H2,1H3. The molecular formula is C10H12O3. The molecule has 3 nitrogen and oxygen atoms in total. The maximum absolute atomic E-state index is 11.5. The molecule has 0 spiro atoms. The van der Waals surface area contributed by atoms with Crippen molar-refractivity contribution < 1.29 is 14.6 Å². The van der Waals surface area contributed by atoms with Gasteiger partial charge in [-0.25, -0.2) is 0 Å². The fourth-order valence-corrected chi connectivity index (χ4v) is 2.67. The van der Waals surface area contributed by atoms with Crippen LogP contribution in [-0.2, 0) is 9.53 Å². The first kappa shape index (κ1) is 7.71. The number of hydrogen-bond acceptors (Lipinski definition) is 3. The molecule has 1 saturated heterocycles. The van der Waals surface area contributed by atoms with Crippen molar-refractivity contribution in [1.29, 1.82) is 0 Å². The molecule has 0 aromatic carbocycles. The average molecular weight is 180 g/mol. The van der Waals surface area contributed by atoms with Crippen LogP contribution >= 0.6 is 0 Å². The van der Waals surface area contributed by atoms with Crippen LogP contribution in [0.25, 0.3) is 0 Å². The van der Waals surface area contributed by atoms with Gasteiger partial charge >= 0.3 is 0 Å². The SMILES string of the molecule is CC12OC1C1(O)CCCC1=CC2=O. The van der Waals surface area contributed by atoms with Gasteiger partial charge in [0.15, 0.2) is 11.4 Å². The molecule has 1 heterocycles. The third-order valence-corrected chi connectivity index (χ3v) is 3.59. The second-order valence-corrected chi connectivity index (χ2v) is 4.42. The molecule has 0 aromatic heterocycles. The summed E-state index contributed by atoms with van der Waals surface area (Å²) in [6.45, 7) is 1.77. The first-order valence-corrected chi connectivity index (χ1v) is 4.73. The van der Waals surface area contributed by atoms with Gasteiger partial charge in [-0.3, -0.25) is 4.79 Å². The first-order valence-electron chi connectivity index (χ1n) is 4.73. The summed E-state index contributed by atoms with van der Waals surface area (Å²) in [4.78, 5) is 11.5. The summed E-state index contributed by atoms with van der Waals surface area (Å²) in [5.41, 5.74) is -0.636. The van der Waals surface area contributed by atoms with Crippen LogP contribution in [0.4, 0.5) is 0 Å². The number of hydrogen-bond donors (Lipinski definition) is 1. The van der Waals surface area contributed by atoms with Crippen LogP contribution in [0.2, 0.25) is 0 Å². The predicted octanol–water partition coefficient (Wildman–Crippen LogP) is 0.568. The highest BCUT2D eigenvalue weighted by atomic mass is 16.6. The highest BCUT2D eigenvalue weighted by Gasteiger charge is 2.70. The summed E-state index contributed by atoms with van der Waals surface area (Å²) in [6.07, 6.45) is 3.88. The van der Waals surface area contributed by atoms with Crippen molar-refractivity contribution in [3.05, 3.63) is 11.6 Å². The zero-order valence-electron chi connectivity index (χ0n) is 7.54. The first-order chi connectivity index (χ1) is 6.07. The Morgan fingerprint density at radius 1 is 1.69 bits per heavy atom. The van der Waals surface area contributed by atoms with Gasteiger partial charge in [-0.15, -0.1) is 0 Å². The van der Waals surface area contributed by atoms with E-state index in [4.69, 9.17) is 4.74 Å². The second kappa shape index (κ2) is 1.88. The van der Waals surface area contributed by atoms with Crippen molar-refractivity contribution in [3.63, 3.8) is 0 Å². The maximum atomic E-state index is 11.5. The normalized spacial score (nSPS) is 52.6. The predicted molar refractivity (Wildman–Crippen MR) is 45.2 cm³/mol. The molecular weight excluding hydrogens is 168 g/mol. The van der Waals surface area contributed by atoms with Crippen molar-refractivity contribution >= 4 is 5.78 Å². The average Bonchev–Trinajstić information content (AvgIpc) is 2.65. The van der Waals surface area contributed by atoms with Crippen LogP contribution in [0, 0.1) is 0 Å². The Kier molecular flexibility index (Phi) is 1.12. The Morgan fingerprint density at radius 2 is 2.46 bits per heavy atom. The Labute approximate surface area is 76.4 Å². The number of epoxide rings is 1. The Hall–Kier alpha value is -0.670. The molecule has 70 valence electrons. The fourth-order valence-electron chi connectivity index (χ4n) is 2.67. The Bertz CT molecular complexity index is 333. The smallest absolute Gasteiger partial charge is 0.190 e. The number of ketones is 1. The van der Waals surface area contributed by atoms with Crippen molar-refractivity contribution in [2.75, 3.05) is 0 Å². The number of ether oxygens (including phenoxy) is 1. The van der Waals surface area contributed by atoms with Crippen LogP contribution < -0.4 is 0 Å². The maximum Gasteiger partial charge on any atom is 0.190 e. The molecule has 0 aromatic rings. The van der Waals surface area contributed by atoms with Gasteiger partial charge in [0, 0.05) is 0 Å². The van der Waals surface area contributed by atoms with Gasteiger partial charge in [-0.2, -0.15) is 0 Å². The van der Waals surface area contributed by atoms with Crippen LogP contribution in [0.5, 0.6) is 0 Å². The molecule has 1 N–H and O–H groups in total. The lowest BCUT2D eigenvalue weighted by Gasteiger charge is -2.26. The number of carbonyl (C=O) groups is 1. The zero-order valence-corrected chi connectivity index (χ0v) is 7.54. The van der Waals surface area contributed by atoms with E-state index in [9.17, 15) is 9.90 Å². The van der Waals surface area contributed by atoms with Crippen molar-refractivity contribution in [1.82, 2.24) is 0 Å². The van der Waals surface area contributed by atoms with Crippen LogP contribution in [0.3, 0.4) is 0 Å². The number of carbonyl (C=O) groups excluding carboxylic acids is 1. The van der Waals surface area contributed by atoms with Gasteiger partial charge in [-0.1, -0.05) is 0 Å². The third kappa shape index (κ3) is 0.708. The molecule has 0 bridgehead atoms. The second-order valence-electron chi connectivity index (χ2n) is 4.42. The van der Waals surface area contributed by atoms with E-state index in [0.29, 0.717) is 0 Å². The lowest BCUT2D eigenvalue weighted by Crippen LogP contribution is -2.43. The fraction of sp³-hybridized carbons (Fsp3) is 0.700. The van der Waals surface area contributed by atoms with Crippen LogP contribution in [0.1, 0.15) is 26.2 Å². The van der Waals surface area contributed by atoms with E-state index in [2.05, 4.69) is 0 Å². The molecule has 0 amide bonds.